The molecule has 4 aromatic rings. The number of sulfone groups is 1. The molecule has 35 heavy (non-hydrogen) atoms. The van der Waals surface area contributed by atoms with E-state index in [0.717, 1.165) is 5.56 Å². The minimum Gasteiger partial charge on any atom is -0.506 e. The number of hydrogen-bond donors (Lipinski definition) is 3. The number of aromatic nitrogens is 1. The standard InChI is InChI=1S/C25H22N2O7S/c1-33-17-6-3-15(4-7-17)14-26-24(29)16-5-12-20-21(13-16)27-25(30)23(22(20)28)35(31,32)19-10-8-18(34-2)9-11-19/h3-13H,14H2,1-2H3,(H,26,29)(H2,27,28,30). The van der Waals surface area contributed by atoms with Gasteiger partial charge in [0.15, 0.2) is 4.90 Å². The largest absolute Gasteiger partial charge is 0.506 e. The van der Waals surface area contributed by atoms with Gasteiger partial charge in [0.25, 0.3) is 11.5 Å². The predicted molar refractivity (Wildman–Crippen MR) is 129 cm³/mol. The van der Waals surface area contributed by atoms with Crippen molar-refractivity contribution in [3.8, 4) is 17.2 Å². The number of H-pyrrole nitrogens is 1. The van der Waals surface area contributed by atoms with Gasteiger partial charge >= 0.3 is 0 Å². The fraction of sp³-hybridized carbons (Fsp3) is 0.120. The normalized spacial score (nSPS) is 11.3. The Kier molecular flexibility index (Phi) is 6.48. The van der Waals surface area contributed by atoms with Crippen LogP contribution in [-0.2, 0) is 16.4 Å². The number of aromatic hydroxyl groups is 1. The fourth-order valence-corrected chi connectivity index (χ4v) is 4.94. The summed E-state index contributed by atoms with van der Waals surface area (Å²) in [5.74, 6) is 0.0490. The van der Waals surface area contributed by atoms with Crippen molar-refractivity contribution in [2.75, 3.05) is 14.2 Å². The molecule has 0 radical (unpaired) electrons. The highest BCUT2D eigenvalue weighted by Gasteiger charge is 2.27. The lowest BCUT2D eigenvalue weighted by Gasteiger charge is -2.11. The van der Waals surface area contributed by atoms with Gasteiger partial charge in [-0.15, -0.1) is 0 Å². The van der Waals surface area contributed by atoms with Gasteiger partial charge in [0.1, 0.15) is 17.2 Å². The summed E-state index contributed by atoms with van der Waals surface area (Å²) in [6, 6.07) is 16.9. The number of amides is 1. The molecule has 3 aromatic carbocycles. The first-order valence-corrected chi connectivity index (χ1v) is 11.9. The molecule has 1 amide bonds. The Morgan fingerprint density at radius 2 is 1.54 bits per heavy atom. The van der Waals surface area contributed by atoms with Crippen LogP contribution >= 0.6 is 0 Å². The predicted octanol–water partition coefficient (Wildman–Crippen LogP) is 3.01. The lowest BCUT2D eigenvalue weighted by atomic mass is 10.1. The van der Waals surface area contributed by atoms with Gasteiger partial charge in [-0.1, -0.05) is 12.1 Å². The number of aromatic amines is 1. The van der Waals surface area contributed by atoms with E-state index in [9.17, 15) is 23.1 Å². The zero-order chi connectivity index (χ0) is 25.2. The minimum absolute atomic E-state index is 0.0865. The third kappa shape index (κ3) is 4.69. The van der Waals surface area contributed by atoms with Crippen molar-refractivity contribution in [2.45, 2.75) is 16.3 Å². The summed E-state index contributed by atoms with van der Waals surface area (Å²) in [7, 11) is -1.32. The molecule has 0 atom stereocenters. The van der Waals surface area contributed by atoms with E-state index in [1.165, 1.54) is 49.6 Å². The van der Waals surface area contributed by atoms with Gasteiger partial charge < -0.3 is 24.9 Å². The number of ether oxygens (including phenoxy) is 2. The average molecular weight is 495 g/mol. The summed E-state index contributed by atoms with van der Waals surface area (Å²) in [5.41, 5.74) is 0.214. The monoisotopic (exact) mass is 494 g/mol. The number of benzene rings is 3. The molecule has 0 spiro atoms. The summed E-state index contributed by atoms with van der Waals surface area (Å²) in [4.78, 5) is 26.9. The number of hydrogen-bond acceptors (Lipinski definition) is 7. The van der Waals surface area contributed by atoms with Gasteiger partial charge in [-0.25, -0.2) is 8.42 Å². The van der Waals surface area contributed by atoms with E-state index in [1.54, 1.807) is 19.2 Å². The Bertz CT molecular complexity index is 1560. The summed E-state index contributed by atoms with van der Waals surface area (Å²) in [6.45, 7) is 0.266. The highest BCUT2D eigenvalue weighted by atomic mass is 32.2. The Hall–Kier alpha value is -4.31. The molecule has 9 nitrogen and oxygen atoms in total. The molecule has 180 valence electrons. The number of carbonyl (C=O) groups is 1. The van der Waals surface area contributed by atoms with Crippen LogP contribution < -0.4 is 20.3 Å². The van der Waals surface area contributed by atoms with Gasteiger partial charge in [0.2, 0.25) is 9.84 Å². The maximum absolute atomic E-state index is 13.1. The Labute approximate surface area is 200 Å². The molecule has 3 N–H and O–H groups in total. The molecule has 1 aromatic heterocycles. The number of rotatable bonds is 7. The molecule has 0 aliphatic heterocycles. The fourth-order valence-electron chi connectivity index (χ4n) is 3.55. The first-order chi connectivity index (χ1) is 16.7. The van der Waals surface area contributed by atoms with Crippen molar-refractivity contribution >= 4 is 26.6 Å². The average Bonchev–Trinajstić information content (AvgIpc) is 2.87. The van der Waals surface area contributed by atoms with Crippen LogP contribution in [0.5, 0.6) is 17.2 Å². The summed E-state index contributed by atoms with van der Waals surface area (Å²) in [5, 5.41) is 13.6. The maximum Gasteiger partial charge on any atom is 0.271 e. The van der Waals surface area contributed by atoms with Crippen LogP contribution in [0.3, 0.4) is 0 Å². The Morgan fingerprint density at radius 3 is 2.14 bits per heavy atom. The topological polar surface area (TPSA) is 135 Å². The molecular formula is C25H22N2O7S. The van der Waals surface area contributed by atoms with Crippen molar-refractivity contribution in [1.29, 1.82) is 0 Å². The van der Waals surface area contributed by atoms with Crippen LogP contribution in [0.1, 0.15) is 15.9 Å². The molecular weight excluding hydrogens is 472 g/mol. The summed E-state index contributed by atoms with van der Waals surface area (Å²) < 4.78 is 36.3. The Balaban J connectivity index is 1.63. The van der Waals surface area contributed by atoms with E-state index in [-0.39, 0.29) is 27.9 Å². The second kappa shape index (κ2) is 9.51. The molecule has 0 fully saturated rings. The molecule has 4 rings (SSSR count). The molecule has 0 bridgehead atoms. The van der Waals surface area contributed by atoms with Gasteiger partial charge in [-0.3, -0.25) is 9.59 Å². The van der Waals surface area contributed by atoms with Gasteiger partial charge in [0, 0.05) is 17.5 Å². The van der Waals surface area contributed by atoms with Gasteiger partial charge in [-0.2, -0.15) is 0 Å². The van der Waals surface area contributed by atoms with E-state index >= 15 is 0 Å². The zero-order valence-electron chi connectivity index (χ0n) is 18.9. The first-order valence-electron chi connectivity index (χ1n) is 10.4. The smallest absolute Gasteiger partial charge is 0.271 e. The number of pyridine rings is 1. The van der Waals surface area contributed by atoms with Crippen molar-refractivity contribution in [3.63, 3.8) is 0 Å². The van der Waals surface area contributed by atoms with Crippen LogP contribution in [0.2, 0.25) is 0 Å². The van der Waals surface area contributed by atoms with Gasteiger partial charge in [-0.05, 0) is 60.2 Å². The molecule has 0 unspecified atom stereocenters. The van der Waals surface area contributed by atoms with Crippen LogP contribution in [0, 0.1) is 0 Å². The highest BCUT2D eigenvalue weighted by molar-refractivity contribution is 7.91. The first kappa shape index (κ1) is 23.8. The molecule has 0 aliphatic carbocycles. The van der Waals surface area contributed by atoms with Crippen molar-refractivity contribution in [3.05, 3.63) is 88.2 Å². The number of nitrogens with one attached hydrogen (secondary N) is 2. The van der Waals surface area contributed by atoms with E-state index in [1.807, 2.05) is 12.1 Å². The third-order valence-electron chi connectivity index (χ3n) is 5.46. The second-order valence-corrected chi connectivity index (χ2v) is 9.49. The zero-order valence-corrected chi connectivity index (χ0v) is 19.7. The van der Waals surface area contributed by atoms with Crippen molar-refractivity contribution in [2.24, 2.45) is 0 Å². The molecule has 1 heterocycles. The maximum atomic E-state index is 13.1. The molecule has 0 aliphatic rings. The number of carbonyl (C=O) groups excluding carboxylic acids is 1. The summed E-state index contributed by atoms with van der Waals surface area (Å²) in [6.07, 6.45) is 0. The SMILES string of the molecule is COc1ccc(CNC(=O)c2ccc3c(O)c(S(=O)(=O)c4ccc(OC)cc4)c(=O)[nH]c3c2)cc1. The Morgan fingerprint density at radius 1 is 0.943 bits per heavy atom. The van der Waals surface area contributed by atoms with Gasteiger partial charge in [0.05, 0.1) is 24.6 Å². The van der Waals surface area contributed by atoms with Crippen LogP contribution in [0.4, 0.5) is 0 Å². The summed E-state index contributed by atoms with van der Waals surface area (Å²) >= 11 is 0. The second-order valence-electron chi connectivity index (χ2n) is 7.60. The van der Waals surface area contributed by atoms with Crippen LogP contribution in [-0.4, -0.2) is 38.6 Å². The lowest BCUT2D eigenvalue weighted by Crippen LogP contribution is -2.23. The highest BCUT2D eigenvalue weighted by Crippen LogP contribution is 2.32. The van der Waals surface area contributed by atoms with E-state index in [0.29, 0.717) is 11.5 Å². The third-order valence-corrected chi connectivity index (χ3v) is 7.27. The van der Waals surface area contributed by atoms with Crippen molar-refractivity contribution in [1.82, 2.24) is 10.3 Å². The van der Waals surface area contributed by atoms with Crippen LogP contribution in [0.15, 0.2) is 81.3 Å². The molecule has 0 saturated heterocycles. The quantitative estimate of drug-likeness (QED) is 0.359. The van der Waals surface area contributed by atoms with Crippen LogP contribution in [0.25, 0.3) is 10.9 Å². The number of fused-ring (bicyclic) bond motifs is 1. The molecule has 0 saturated carbocycles. The van der Waals surface area contributed by atoms with E-state index in [4.69, 9.17) is 9.47 Å². The van der Waals surface area contributed by atoms with Crippen molar-refractivity contribution < 1.29 is 27.8 Å². The van der Waals surface area contributed by atoms with E-state index < -0.39 is 31.9 Å². The van der Waals surface area contributed by atoms with E-state index in [2.05, 4.69) is 10.3 Å². The molecule has 10 heteroatoms. The number of methoxy groups -OCH3 is 2. The minimum atomic E-state index is -4.33. The lowest BCUT2D eigenvalue weighted by molar-refractivity contribution is 0.0951.